The molecule has 0 saturated carbocycles. The molecule has 0 spiro atoms. The van der Waals surface area contributed by atoms with E-state index in [1.54, 1.807) is 9.58 Å². The number of carbonyl (C=O) groups excluding carboxylic acids is 2. The zero-order chi connectivity index (χ0) is 34.2. The number of nitrogens with two attached hydrogens (primary N) is 1. The molecule has 4 aromatic carbocycles. The number of fused-ring (bicyclic) bond motifs is 2. The molecule has 1 aromatic heterocycles. The van der Waals surface area contributed by atoms with Gasteiger partial charge in [0.05, 0.1) is 25.0 Å². The molecule has 0 aliphatic heterocycles. The van der Waals surface area contributed by atoms with Crippen LogP contribution in [0, 0.1) is 0 Å². The van der Waals surface area contributed by atoms with Gasteiger partial charge in [0.1, 0.15) is 5.82 Å². The van der Waals surface area contributed by atoms with Gasteiger partial charge in [-0.15, -0.1) is 0 Å². The normalized spacial score (nSPS) is 11.5. The Balaban J connectivity index is 1.28. The van der Waals surface area contributed by atoms with Gasteiger partial charge < -0.3 is 21.4 Å². The Labute approximate surface area is 283 Å². The van der Waals surface area contributed by atoms with Crippen LogP contribution in [0.25, 0.3) is 49.6 Å². The molecule has 0 saturated heterocycles. The van der Waals surface area contributed by atoms with E-state index in [4.69, 9.17) is 5.84 Å². The summed E-state index contributed by atoms with van der Waals surface area (Å²) in [6.45, 7) is 13.2. The monoisotopic (exact) mass is 642 g/mol. The average molecular weight is 643 g/mol. The highest BCUT2D eigenvalue weighted by molar-refractivity contribution is 5.94. The number of aromatic nitrogens is 2. The maximum Gasteiger partial charge on any atom is 0.242 e. The lowest BCUT2D eigenvalue weighted by molar-refractivity contribution is -0.132. The summed E-state index contributed by atoms with van der Waals surface area (Å²) in [4.78, 5) is 30.9. The molecule has 8 nitrogen and oxygen atoms in total. The fourth-order valence-corrected chi connectivity index (χ4v) is 5.99. The number of hydrogen-bond acceptors (Lipinski definition) is 5. The summed E-state index contributed by atoms with van der Waals surface area (Å²) in [6.07, 6.45) is 6.62. The van der Waals surface area contributed by atoms with Crippen LogP contribution in [-0.4, -0.2) is 46.0 Å². The van der Waals surface area contributed by atoms with Gasteiger partial charge >= 0.3 is 0 Å². The first-order chi connectivity index (χ1) is 23.2. The van der Waals surface area contributed by atoms with Gasteiger partial charge in [0.2, 0.25) is 11.8 Å². The number of benzene rings is 4. The summed E-state index contributed by atoms with van der Waals surface area (Å²) < 4.78 is 1.67. The number of nitrogens with zero attached hydrogens (tertiary/aromatic N) is 3. The first-order valence-electron chi connectivity index (χ1n) is 16.8. The number of carbonyl (C=O) groups is 2. The van der Waals surface area contributed by atoms with Gasteiger partial charge in [0.25, 0.3) is 0 Å². The number of nitrogen functional groups attached to an aromatic ring is 1. The Kier molecular flexibility index (Phi) is 11.0. The van der Waals surface area contributed by atoms with Crippen LogP contribution in [0.3, 0.4) is 0 Å². The number of allylic oxidation sites excluding steroid dienone is 1. The molecule has 0 aliphatic carbocycles. The number of rotatable bonds is 14. The molecule has 0 atom stereocenters. The highest BCUT2D eigenvalue weighted by Gasteiger charge is 2.16. The number of imidazole rings is 1. The zero-order valence-electron chi connectivity index (χ0n) is 28.5. The third-order valence-electron chi connectivity index (χ3n) is 8.55. The third-order valence-corrected chi connectivity index (χ3v) is 8.55. The van der Waals surface area contributed by atoms with Gasteiger partial charge in [-0.05, 0) is 82.3 Å². The van der Waals surface area contributed by atoms with E-state index in [0.717, 1.165) is 80.3 Å². The predicted octanol–water partition coefficient (Wildman–Crippen LogP) is 7.42. The minimum Gasteiger partial charge on any atom is -0.358 e. The topological polar surface area (TPSA) is 105 Å². The van der Waals surface area contributed by atoms with E-state index in [1.165, 1.54) is 0 Å². The summed E-state index contributed by atoms with van der Waals surface area (Å²) in [5.41, 5.74) is 6.92. The molecule has 0 unspecified atom stereocenters. The average Bonchev–Trinajstić information content (AvgIpc) is 3.48. The molecule has 5 aromatic rings. The second-order valence-electron chi connectivity index (χ2n) is 12.1. The van der Waals surface area contributed by atoms with Crippen LogP contribution < -0.4 is 16.5 Å². The number of nitrogens with one attached hydrogen (secondary N) is 2. The van der Waals surface area contributed by atoms with E-state index in [9.17, 15) is 9.59 Å². The van der Waals surface area contributed by atoms with Crippen molar-refractivity contribution in [3.63, 3.8) is 0 Å². The molecular weight excluding hydrogens is 596 g/mol. The van der Waals surface area contributed by atoms with Crippen molar-refractivity contribution >= 4 is 39.1 Å². The molecule has 0 radical (unpaired) electrons. The minimum absolute atomic E-state index is 0.00285. The van der Waals surface area contributed by atoms with Crippen molar-refractivity contribution in [1.29, 1.82) is 0 Å². The van der Waals surface area contributed by atoms with Crippen LogP contribution in [-0.2, 0) is 16.0 Å². The van der Waals surface area contributed by atoms with Gasteiger partial charge in [0.15, 0.2) is 0 Å². The maximum atomic E-state index is 12.9. The van der Waals surface area contributed by atoms with Crippen LogP contribution in [0.15, 0.2) is 97.3 Å². The second kappa shape index (κ2) is 15.5. The number of amides is 2. The van der Waals surface area contributed by atoms with E-state index >= 15 is 0 Å². The van der Waals surface area contributed by atoms with Gasteiger partial charge in [-0.3, -0.25) is 9.59 Å². The Morgan fingerprint density at radius 2 is 1.48 bits per heavy atom. The Bertz CT molecular complexity index is 1990. The van der Waals surface area contributed by atoms with Crippen LogP contribution in [0.2, 0.25) is 0 Å². The Morgan fingerprint density at radius 1 is 0.875 bits per heavy atom. The lowest BCUT2D eigenvalue weighted by Gasteiger charge is -2.25. The van der Waals surface area contributed by atoms with Gasteiger partial charge in [-0.1, -0.05) is 82.0 Å². The van der Waals surface area contributed by atoms with E-state index < -0.39 is 0 Å². The number of aryl methyl sites for hydroxylation is 1. The summed E-state index contributed by atoms with van der Waals surface area (Å²) in [5.74, 6) is 6.91. The molecule has 48 heavy (non-hydrogen) atoms. The first kappa shape index (κ1) is 34.0. The molecule has 0 fully saturated rings. The molecule has 0 bridgehead atoms. The summed E-state index contributed by atoms with van der Waals surface area (Å²) in [6, 6.07) is 25.9. The SMILES string of the molecule is C=C(CN(CCC)C(=O)CNC(=O)CCC)N/C(=C\C)c1ccc2cc(-c3ccc4cc(-c5cnc(CC)n5N)ccc4c3)ccc2c1. The molecular formula is C40H46N6O2. The minimum atomic E-state index is -0.116. The highest BCUT2D eigenvalue weighted by atomic mass is 16.2. The van der Waals surface area contributed by atoms with Crippen molar-refractivity contribution in [1.82, 2.24) is 25.2 Å². The Hall–Kier alpha value is -5.37. The van der Waals surface area contributed by atoms with Crippen molar-refractivity contribution in [2.45, 2.75) is 53.4 Å². The molecule has 0 aliphatic rings. The standard InChI is InChI=1S/C40H46N6O2/c1-6-10-39(47)43-25-40(48)45(19-7-2)26-27(5)44-36(8-3)34-17-15-30-20-28(11-13-32(30)22-34)29-12-14-33-23-35(18-16-31(33)21-29)37-24-42-38(9-4)46(37)41/h8,11-18,20-24,44H,5-7,9-10,19,25-26,41H2,1-4H3,(H,43,47)/b36-8-. The third kappa shape index (κ3) is 7.77. The fraction of sp³-hybridized carbons (Fsp3) is 0.275. The quantitative estimate of drug-likeness (QED) is 0.109. The Morgan fingerprint density at radius 3 is 2.06 bits per heavy atom. The van der Waals surface area contributed by atoms with Crippen LogP contribution in [0.1, 0.15) is 58.3 Å². The molecule has 248 valence electrons. The van der Waals surface area contributed by atoms with Crippen LogP contribution in [0.4, 0.5) is 0 Å². The van der Waals surface area contributed by atoms with Crippen LogP contribution >= 0.6 is 0 Å². The van der Waals surface area contributed by atoms with Crippen molar-refractivity contribution in [2.24, 2.45) is 0 Å². The second-order valence-corrected chi connectivity index (χ2v) is 12.1. The molecule has 1 heterocycles. The summed E-state index contributed by atoms with van der Waals surface area (Å²) in [5, 5.41) is 10.7. The largest absolute Gasteiger partial charge is 0.358 e. The van der Waals surface area contributed by atoms with Crippen LogP contribution in [0.5, 0.6) is 0 Å². The van der Waals surface area contributed by atoms with E-state index in [1.807, 2.05) is 40.0 Å². The molecule has 4 N–H and O–H groups in total. The van der Waals surface area contributed by atoms with E-state index in [0.29, 0.717) is 25.2 Å². The molecule has 5 rings (SSSR count). The highest BCUT2D eigenvalue weighted by Crippen LogP contribution is 2.31. The van der Waals surface area contributed by atoms with Gasteiger partial charge in [-0.25, -0.2) is 9.66 Å². The lowest BCUT2D eigenvalue weighted by atomic mass is 9.96. The lowest BCUT2D eigenvalue weighted by Crippen LogP contribution is -2.42. The first-order valence-corrected chi connectivity index (χ1v) is 16.8. The summed E-state index contributed by atoms with van der Waals surface area (Å²) >= 11 is 0. The number of hydrogen-bond donors (Lipinski definition) is 3. The van der Waals surface area contributed by atoms with Crippen molar-refractivity contribution in [3.8, 4) is 22.4 Å². The molecule has 2 amide bonds. The van der Waals surface area contributed by atoms with E-state index in [-0.39, 0.29) is 18.4 Å². The summed E-state index contributed by atoms with van der Waals surface area (Å²) in [7, 11) is 0. The zero-order valence-corrected chi connectivity index (χ0v) is 28.5. The maximum absolute atomic E-state index is 12.9. The van der Waals surface area contributed by atoms with Gasteiger partial charge in [-0.2, -0.15) is 0 Å². The predicted molar refractivity (Wildman–Crippen MR) is 198 cm³/mol. The fourth-order valence-electron chi connectivity index (χ4n) is 5.99. The van der Waals surface area contributed by atoms with Crippen molar-refractivity contribution in [2.75, 3.05) is 25.5 Å². The van der Waals surface area contributed by atoms with Gasteiger partial charge in [0, 0.05) is 36.3 Å². The van der Waals surface area contributed by atoms with Crippen molar-refractivity contribution < 1.29 is 9.59 Å². The molecule has 8 heteroatoms. The van der Waals surface area contributed by atoms with E-state index in [2.05, 4.69) is 95.0 Å². The van der Waals surface area contributed by atoms with Crippen molar-refractivity contribution in [3.05, 3.63) is 109 Å². The smallest absolute Gasteiger partial charge is 0.242 e.